The molecule has 78 heavy (non-hydrogen) atoms. The van der Waals surface area contributed by atoms with Crippen LogP contribution in [0.3, 0.4) is 0 Å². The first-order valence-corrected chi connectivity index (χ1v) is 28.7. The molecule has 0 saturated heterocycles. The molecule has 0 aliphatic heterocycles. The second-order valence-electron chi connectivity index (χ2n) is 25.8. The smallest absolute Gasteiger partial charge is 0.000740 e. The van der Waals surface area contributed by atoms with Crippen LogP contribution in [0.2, 0.25) is 0 Å². The lowest BCUT2D eigenvalue weighted by Crippen LogP contribution is -2.11. The van der Waals surface area contributed by atoms with Crippen molar-refractivity contribution in [3.8, 4) is 44.5 Å². The van der Waals surface area contributed by atoms with Crippen molar-refractivity contribution in [3.05, 3.63) is 198 Å². The average molecular weight is 1000 g/mol. The van der Waals surface area contributed by atoms with Crippen molar-refractivity contribution in [1.29, 1.82) is 0 Å². The minimum atomic E-state index is -0.0274. The molecular formula is C78H66. The molecule has 0 spiro atoms. The predicted octanol–water partition coefficient (Wildman–Crippen LogP) is 23.1. The van der Waals surface area contributed by atoms with Crippen LogP contribution in [0.4, 0.5) is 0 Å². The topological polar surface area (TPSA) is 0 Å². The molecule has 0 radical (unpaired) electrons. The highest BCUT2D eigenvalue weighted by molar-refractivity contribution is 6.47. The van der Waals surface area contributed by atoms with Crippen LogP contribution in [0.15, 0.2) is 181 Å². The monoisotopic (exact) mass is 1000 g/mol. The van der Waals surface area contributed by atoms with Crippen molar-refractivity contribution in [2.45, 2.75) is 93.9 Å². The Labute approximate surface area is 458 Å². The van der Waals surface area contributed by atoms with E-state index in [2.05, 4.69) is 253 Å². The van der Waals surface area contributed by atoms with Crippen LogP contribution < -0.4 is 0 Å². The van der Waals surface area contributed by atoms with Gasteiger partial charge in [-0.2, -0.15) is 0 Å². The van der Waals surface area contributed by atoms with Crippen molar-refractivity contribution in [1.82, 2.24) is 0 Å². The average Bonchev–Trinajstić information content (AvgIpc) is 3.37. The molecule has 0 unspecified atom stereocenters. The highest BCUT2D eigenvalue weighted by Crippen LogP contribution is 2.58. The molecule has 0 nitrogen and oxygen atoms in total. The Morgan fingerprint density at radius 2 is 0.795 bits per heavy atom. The Kier molecular flexibility index (Phi) is 9.83. The van der Waals surface area contributed by atoms with Gasteiger partial charge >= 0.3 is 0 Å². The number of benzene rings is 12. The number of hydrogen-bond acceptors (Lipinski definition) is 0. The molecule has 0 N–H and O–H groups in total. The highest BCUT2D eigenvalue weighted by Gasteiger charge is 2.31. The number of rotatable bonds is 6. The third kappa shape index (κ3) is 6.35. The molecule has 0 fully saturated rings. The standard InChI is InChI=1S/C78H66/c1-13-50(42(4)5)67(43(6)41(2)3)47-26-27-51-54-28-29-55-57-32-34-60-74-61(35-33-58(73(57)74)56-30-31-59(62(51)38-47)71(54)72(55)56)76-70(46-21-15-23-49(37-46)78(10,11)12)66-40-64-53-25-17-19-44-18-16-24-52(68(44)53)63(64)39-65(66)69(75(60)76)45-20-14-22-48(36-45)77(7,8)9/h13-42H,1-12H3/b50-13-,67-43+. The van der Waals surface area contributed by atoms with Crippen LogP contribution in [0.25, 0.3) is 158 Å². The summed E-state index contributed by atoms with van der Waals surface area (Å²) in [6, 6.07) is 65.0. The SMILES string of the molecule is C/C=C(\C(=C(/C)C(C)C)c1ccc2c(c1)-c1ccc3c4ccc5c6c(-c7cccc(C(C)(C)C)c7)c7cc8c(cc7c(-c7cccc(C(C)(C)C)c7)c6c6ccc(c7ccc-2c1c73)c4c65)c1cccc2cccc8c21)C(C)C. The molecule has 0 saturated carbocycles. The summed E-state index contributed by atoms with van der Waals surface area (Å²) in [7, 11) is 0. The van der Waals surface area contributed by atoms with Gasteiger partial charge in [0.25, 0.3) is 0 Å². The summed E-state index contributed by atoms with van der Waals surface area (Å²) in [4.78, 5) is 0. The molecule has 0 heterocycles. The maximum absolute atomic E-state index is 2.58. The lowest BCUT2D eigenvalue weighted by Gasteiger charge is -2.23. The fraction of sp³-hybridized carbons (Fsp3) is 0.205. The predicted molar refractivity (Wildman–Crippen MR) is 344 cm³/mol. The maximum Gasteiger partial charge on any atom is -0.000740 e. The van der Waals surface area contributed by atoms with E-state index in [0.29, 0.717) is 11.8 Å². The zero-order chi connectivity index (χ0) is 53.6. The Hall–Kier alpha value is -8.06. The summed E-state index contributed by atoms with van der Waals surface area (Å²) < 4.78 is 0. The van der Waals surface area contributed by atoms with Crippen LogP contribution >= 0.6 is 0 Å². The van der Waals surface area contributed by atoms with Gasteiger partial charge in [-0.25, -0.2) is 0 Å². The van der Waals surface area contributed by atoms with Gasteiger partial charge < -0.3 is 0 Å². The summed E-state index contributed by atoms with van der Waals surface area (Å²) in [6.45, 7) is 28.0. The van der Waals surface area contributed by atoms with E-state index in [1.54, 1.807) is 0 Å². The molecule has 0 bridgehead atoms. The minimum Gasteiger partial charge on any atom is -0.0836 e. The quantitative estimate of drug-likeness (QED) is 0.0885. The van der Waals surface area contributed by atoms with E-state index in [9.17, 15) is 0 Å². The molecule has 14 aromatic rings. The van der Waals surface area contributed by atoms with E-state index in [1.807, 2.05) is 0 Å². The fourth-order valence-electron chi connectivity index (χ4n) is 14.8. The van der Waals surface area contributed by atoms with E-state index in [4.69, 9.17) is 0 Å². The summed E-state index contributed by atoms with van der Waals surface area (Å²) in [5.41, 5.74) is 18.8. The first-order chi connectivity index (χ1) is 37.5. The van der Waals surface area contributed by atoms with Crippen molar-refractivity contribution >= 4 is 113 Å². The maximum atomic E-state index is 2.58. The normalized spacial score (nSPS) is 13.9. The molecule has 14 aromatic carbocycles. The van der Waals surface area contributed by atoms with Crippen LogP contribution in [0.1, 0.15) is 99.8 Å². The summed E-state index contributed by atoms with van der Waals surface area (Å²) >= 11 is 0. The molecule has 0 atom stereocenters. The summed E-state index contributed by atoms with van der Waals surface area (Å²) in [5.74, 6) is 0.874. The van der Waals surface area contributed by atoms with Gasteiger partial charge in [-0.3, -0.25) is 0 Å². The Morgan fingerprint density at radius 1 is 0.359 bits per heavy atom. The zero-order valence-corrected chi connectivity index (χ0v) is 47.3. The highest BCUT2D eigenvalue weighted by atomic mass is 14.3. The van der Waals surface area contributed by atoms with E-state index in [1.165, 1.54) is 186 Å². The van der Waals surface area contributed by atoms with Crippen molar-refractivity contribution in [2.24, 2.45) is 11.8 Å². The van der Waals surface area contributed by atoms with Crippen molar-refractivity contribution in [2.75, 3.05) is 0 Å². The molecule has 1 aliphatic rings. The van der Waals surface area contributed by atoms with E-state index in [0.717, 1.165) is 0 Å². The van der Waals surface area contributed by atoms with Crippen LogP contribution in [0.5, 0.6) is 0 Å². The van der Waals surface area contributed by atoms with Gasteiger partial charge in [0, 0.05) is 0 Å². The number of hydrogen-bond donors (Lipinski definition) is 0. The minimum absolute atomic E-state index is 0.0274. The second-order valence-corrected chi connectivity index (χ2v) is 25.8. The molecule has 0 heteroatoms. The van der Waals surface area contributed by atoms with Gasteiger partial charge in [0.2, 0.25) is 0 Å². The summed E-state index contributed by atoms with van der Waals surface area (Å²) in [5, 5.41) is 26.8. The lowest BCUT2D eigenvalue weighted by molar-refractivity contribution is 0.590. The number of fused-ring (bicyclic) bond motifs is 12. The third-order valence-electron chi connectivity index (χ3n) is 18.8. The van der Waals surface area contributed by atoms with Gasteiger partial charge in [-0.1, -0.05) is 226 Å². The molecule has 0 aromatic heterocycles. The van der Waals surface area contributed by atoms with E-state index < -0.39 is 0 Å². The fourth-order valence-corrected chi connectivity index (χ4v) is 14.8. The molecule has 378 valence electrons. The van der Waals surface area contributed by atoms with Gasteiger partial charge in [0.05, 0.1) is 0 Å². The molecule has 0 amide bonds. The van der Waals surface area contributed by atoms with Gasteiger partial charge in [-0.05, 0) is 235 Å². The van der Waals surface area contributed by atoms with Crippen LogP contribution in [-0.4, -0.2) is 0 Å². The molecule has 15 rings (SSSR count). The van der Waals surface area contributed by atoms with Crippen LogP contribution in [0, 0.1) is 11.8 Å². The molecular weight excluding hydrogens is 937 g/mol. The summed E-state index contributed by atoms with van der Waals surface area (Å²) in [6.07, 6.45) is 2.34. The third-order valence-corrected chi connectivity index (χ3v) is 18.8. The first kappa shape index (κ1) is 47.2. The largest absolute Gasteiger partial charge is 0.0836 e. The second kappa shape index (κ2) is 16.2. The van der Waals surface area contributed by atoms with E-state index in [-0.39, 0.29) is 10.8 Å². The number of allylic oxidation sites excluding steroid dienone is 4. The first-order valence-electron chi connectivity index (χ1n) is 28.7. The zero-order valence-electron chi connectivity index (χ0n) is 47.3. The van der Waals surface area contributed by atoms with Crippen molar-refractivity contribution in [3.63, 3.8) is 0 Å². The Morgan fingerprint density at radius 3 is 1.28 bits per heavy atom. The van der Waals surface area contributed by atoms with Crippen LogP contribution in [-0.2, 0) is 10.8 Å². The lowest BCUT2D eigenvalue weighted by atomic mass is 9.81. The Balaban J connectivity index is 1.09. The van der Waals surface area contributed by atoms with E-state index >= 15 is 0 Å². The molecule has 1 aliphatic carbocycles. The van der Waals surface area contributed by atoms with Crippen molar-refractivity contribution < 1.29 is 0 Å². The van der Waals surface area contributed by atoms with Gasteiger partial charge in [0.15, 0.2) is 0 Å². The van der Waals surface area contributed by atoms with Gasteiger partial charge in [0.1, 0.15) is 0 Å². The Bertz CT molecular complexity index is 4760. The van der Waals surface area contributed by atoms with Gasteiger partial charge in [-0.15, -0.1) is 0 Å².